The number of piperazine rings is 1. The van der Waals surface area contributed by atoms with Gasteiger partial charge in [0.05, 0.1) is 5.02 Å². The van der Waals surface area contributed by atoms with E-state index >= 15 is 0 Å². The van der Waals surface area contributed by atoms with Crippen molar-refractivity contribution in [1.29, 1.82) is 0 Å². The zero-order valence-electron chi connectivity index (χ0n) is 18.4. The second kappa shape index (κ2) is 11.5. The first kappa shape index (κ1) is 25.1. The molecule has 2 amide bonds. The van der Waals surface area contributed by atoms with Gasteiger partial charge in [-0.25, -0.2) is 0 Å². The second-order valence-electron chi connectivity index (χ2n) is 7.55. The molecule has 7 nitrogen and oxygen atoms in total. The van der Waals surface area contributed by atoms with Gasteiger partial charge in [0.25, 0.3) is 5.91 Å². The highest BCUT2D eigenvalue weighted by molar-refractivity contribution is 7.80. The number of benzene rings is 2. The SMILES string of the molecule is CCC(=O)N1CCN(c2ccc(NC(=S)NC(=O)C(C)Oc3ccc(Cl)cc3Cl)cc2)CC1. The van der Waals surface area contributed by atoms with Crippen LogP contribution in [-0.2, 0) is 9.59 Å². The topological polar surface area (TPSA) is 73.9 Å². The minimum absolute atomic E-state index is 0.164. The van der Waals surface area contributed by atoms with Crippen molar-refractivity contribution in [3.05, 3.63) is 52.5 Å². The van der Waals surface area contributed by atoms with E-state index in [9.17, 15) is 9.59 Å². The molecule has 1 unspecified atom stereocenters. The summed E-state index contributed by atoms with van der Waals surface area (Å²) in [6, 6.07) is 12.5. The number of ether oxygens (including phenoxy) is 1. The number of hydrogen-bond donors (Lipinski definition) is 2. The fourth-order valence-corrected chi connectivity index (χ4v) is 4.06. The Balaban J connectivity index is 1.48. The number of nitrogens with zero attached hydrogens (tertiary/aromatic N) is 2. The number of carbonyl (C=O) groups excluding carboxylic acids is 2. The summed E-state index contributed by atoms with van der Waals surface area (Å²) >= 11 is 17.2. The number of anilines is 2. The lowest BCUT2D eigenvalue weighted by Gasteiger charge is -2.36. The zero-order valence-corrected chi connectivity index (χ0v) is 20.8. The third-order valence-corrected chi connectivity index (χ3v) is 5.96. The van der Waals surface area contributed by atoms with E-state index in [0.717, 1.165) is 37.6 Å². The second-order valence-corrected chi connectivity index (χ2v) is 8.80. The van der Waals surface area contributed by atoms with Crippen LogP contribution in [0.2, 0.25) is 10.0 Å². The van der Waals surface area contributed by atoms with Gasteiger partial charge >= 0.3 is 0 Å². The number of nitrogens with one attached hydrogen (secondary N) is 2. The molecule has 2 N–H and O–H groups in total. The lowest BCUT2D eigenvalue weighted by atomic mass is 10.2. The Morgan fingerprint density at radius 1 is 1.09 bits per heavy atom. The molecule has 3 rings (SSSR count). The normalized spacial score (nSPS) is 14.4. The largest absolute Gasteiger partial charge is 0.479 e. The highest BCUT2D eigenvalue weighted by Gasteiger charge is 2.20. The number of hydrogen-bond acceptors (Lipinski definition) is 5. The first-order valence-electron chi connectivity index (χ1n) is 10.6. The van der Waals surface area contributed by atoms with E-state index in [1.54, 1.807) is 25.1 Å². The highest BCUT2D eigenvalue weighted by Crippen LogP contribution is 2.28. The van der Waals surface area contributed by atoms with Crippen molar-refractivity contribution in [1.82, 2.24) is 10.2 Å². The Hall–Kier alpha value is -2.55. The molecular formula is C23H26Cl2N4O3S. The number of amides is 2. The van der Waals surface area contributed by atoms with E-state index in [0.29, 0.717) is 22.2 Å². The minimum atomic E-state index is -0.816. The summed E-state index contributed by atoms with van der Waals surface area (Å²) in [5.74, 6) is 0.147. The van der Waals surface area contributed by atoms with E-state index in [-0.39, 0.29) is 11.0 Å². The Morgan fingerprint density at radius 2 is 1.76 bits per heavy atom. The van der Waals surface area contributed by atoms with Crippen LogP contribution in [0.1, 0.15) is 20.3 Å². The lowest BCUT2D eigenvalue weighted by Crippen LogP contribution is -2.48. The third kappa shape index (κ3) is 6.96. The van der Waals surface area contributed by atoms with Gasteiger partial charge in [0, 0.05) is 49.0 Å². The van der Waals surface area contributed by atoms with Crippen molar-refractivity contribution in [2.75, 3.05) is 36.4 Å². The van der Waals surface area contributed by atoms with Crippen LogP contribution >= 0.6 is 35.4 Å². The van der Waals surface area contributed by atoms with Crippen LogP contribution in [0, 0.1) is 0 Å². The summed E-state index contributed by atoms with van der Waals surface area (Å²) in [7, 11) is 0. The van der Waals surface area contributed by atoms with Crippen LogP contribution in [0.25, 0.3) is 0 Å². The molecular weight excluding hydrogens is 483 g/mol. The molecule has 33 heavy (non-hydrogen) atoms. The summed E-state index contributed by atoms with van der Waals surface area (Å²) in [5, 5.41) is 6.58. The average molecular weight is 509 g/mol. The predicted molar refractivity (Wildman–Crippen MR) is 136 cm³/mol. The molecule has 1 aliphatic rings. The fraction of sp³-hybridized carbons (Fsp3) is 0.348. The molecule has 0 aromatic heterocycles. The zero-order chi connectivity index (χ0) is 24.0. The molecule has 2 aromatic rings. The van der Waals surface area contributed by atoms with Crippen LogP contribution in [-0.4, -0.2) is 54.1 Å². The highest BCUT2D eigenvalue weighted by atomic mass is 35.5. The van der Waals surface area contributed by atoms with Crippen molar-refractivity contribution in [3.8, 4) is 5.75 Å². The summed E-state index contributed by atoms with van der Waals surface area (Å²) in [5.41, 5.74) is 1.82. The fourth-order valence-electron chi connectivity index (χ4n) is 3.38. The number of carbonyl (C=O) groups is 2. The molecule has 1 saturated heterocycles. The standard InChI is InChI=1S/C23H26Cl2N4O3S/c1-3-21(30)29-12-10-28(11-13-29)18-7-5-17(6-8-18)26-23(33)27-22(31)15(2)32-20-9-4-16(24)14-19(20)25/h4-9,14-15H,3,10-13H2,1-2H3,(H2,26,27,31,33). The Morgan fingerprint density at radius 3 is 2.36 bits per heavy atom. The van der Waals surface area contributed by atoms with E-state index < -0.39 is 12.0 Å². The van der Waals surface area contributed by atoms with Crippen LogP contribution in [0.15, 0.2) is 42.5 Å². The van der Waals surface area contributed by atoms with E-state index in [2.05, 4.69) is 15.5 Å². The van der Waals surface area contributed by atoms with Gasteiger partial charge in [0.2, 0.25) is 5.91 Å². The summed E-state index contributed by atoms with van der Waals surface area (Å²) in [6.45, 7) is 6.53. The first-order valence-corrected chi connectivity index (χ1v) is 11.8. The van der Waals surface area contributed by atoms with Crippen LogP contribution < -0.4 is 20.3 Å². The molecule has 0 spiro atoms. The number of halogens is 2. The van der Waals surface area contributed by atoms with E-state index in [1.807, 2.05) is 36.1 Å². The van der Waals surface area contributed by atoms with Gasteiger partial charge in [-0.15, -0.1) is 0 Å². The van der Waals surface area contributed by atoms with Crippen LogP contribution in [0.3, 0.4) is 0 Å². The van der Waals surface area contributed by atoms with Gasteiger partial charge in [-0.1, -0.05) is 30.1 Å². The Kier molecular flexibility index (Phi) is 8.77. The lowest BCUT2D eigenvalue weighted by molar-refractivity contribution is -0.131. The van der Waals surface area contributed by atoms with E-state index in [4.69, 9.17) is 40.2 Å². The van der Waals surface area contributed by atoms with Crippen molar-refractivity contribution >= 4 is 63.7 Å². The van der Waals surface area contributed by atoms with Gasteiger partial charge in [0.15, 0.2) is 11.2 Å². The van der Waals surface area contributed by atoms with Crippen molar-refractivity contribution in [3.63, 3.8) is 0 Å². The summed E-state index contributed by atoms with van der Waals surface area (Å²) in [6.07, 6.45) is -0.277. The van der Waals surface area contributed by atoms with E-state index in [1.165, 1.54) is 0 Å². The molecule has 0 radical (unpaired) electrons. The smallest absolute Gasteiger partial charge is 0.266 e. The predicted octanol–water partition coefficient (Wildman–Crippen LogP) is 4.33. The Bertz CT molecular complexity index is 1010. The van der Waals surface area contributed by atoms with Crippen molar-refractivity contribution in [2.45, 2.75) is 26.4 Å². The van der Waals surface area contributed by atoms with Gasteiger partial charge in [0.1, 0.15) is 5.75 Å². The van der Waals surface area contributed by atoms with Crippen molar-refractivity contribution < 1.29 is 14.3 Å². The monoisotopic (exact) mass is 508 g/mol. The van der Waals surface area contributed by atoms with Gasteiger partial charge < -0.3 is 19.9 Å². The maximum atomic E-state index is 12.4. The van der Waals surface area contributed by atoms with Gasteiger partial charge in [-0.3, -0.25) is 14.9 Å². The maximum absolute atomic E-state index is 12.4. The average Bonchev–Trinajstić information content (AvgIpc) is 2.80. The molecule has 0 bridgehead atoms. The maximum Gasteiger partial charge on any atom is 0.266 e. The summed E-state index contributed by atoms with van der Waals surface area (Å²) in [4.78, 5) is 28.4. The van der Waals surface area contributed by atoms with Crippen LogP contribution in [0.5, 0.6) is 5.75 Å². The molecule has 1 atom stereocenters. The summed E-state index contributed by atoms with van der Waals surface area (Å²) < 4.78 is 5.61. The van der Waals surface area contributed by atoms with Gasteiger partial charge in [-0.05, 0) is 61.6 Å². The first-order chi connectivity index (χ1) is 15.8. The molecule has 0 saturated carbocycles. The molecule has 1 fully saturated rings. The third-order valence-electron chi connectivity index (χ3n) is 5.23. The number of rotatable bonds is 6. The molecule has 10 heteroatoms. The molecule has 0 aliphatic carbocycles. The molecule has 1 heterocycles. The Labute approximate surface area is 209 Å². The molecule has 2 aromatic carbocycles. The number of thiocarbonyl (C=S) groups is 1. The molecule has 1 aliphatic heterocycles. The van der Waals surface area contributed by atoms with Gasteiger partial charge in [-0.2, -0.15) is 0 Å². The molecule has 176 valence electrons. The van der Waals surface area contributed by atoms with Crippen molar-refractivity contribution in [2.24, 2.45) is 0 Å². The van der Waals surface area contributed by atoms with Crippen LogP contribution in [0.4, 0.5) is 11.4 Å². The quantitative estimate of drug-likeness (QED) is 0.565. The minimum Gasteiger partial charge on any atom is -0.479 e.